The van der Waals surface area contributed by atoms with E-state index in [2.05, 4.69) is 19.2 Å². The van der Waals surface area contributed by atoms with Gasteiger partial charge in [0.1, 0.15) is 0 Å². The average molecular weight is 270 g/mol. The van der Waals surface area contributed by atoms with Crippen LogP contribution < -0.4 is 5.32 Å². The zero-order valence-electron chi connectivity index (χ0n) is 12.4. The first kappa shape index (κ1) is 16.0. The minimum atomic E-state index is -0.430. The van der Waals surface area contributed by atoms with Gasteiger partial charge in [-0.25, -0.2) is 0 Å². The fourth-order valence-corrected chi connectivity index (χ4v) is 2.34. The Kier molecular flexibility index (Phi) is 5.35. The minimum absolute atomic E-state index is 0.0380. The second kappa shape index (κ2) is 6.37. The fourth-order valence-electron chi connectivity index (χ4n) is 2.34. The monoisotopic (exact) mass is 270 g/mol. The number of hydrogen-bond donors (Lipinski definition) is 2. The zero-order chi connectivity index (χ0) is 14.6. The number of nitrogens with one attached hydrogen (secondary N) is 1. The van der Waals surface area contributed by atoms with Crippen molar-refractivity contribution in [1.29, 1.82) is 0 Å². The van der Waals surface area contributed by atoms with Crippen LogP contribution in [0.2, 0.25) is 0 Å². The Bertz CT molecular complexity index is 340. The molecule has 5 nitrogen and oxygen atoms in total. The summed E-state index contributed by atoms with van der Waals surface area (Å²) in [7, 11) is 0. The molecule has 0 radical (unpaired) electrons. The lowest BCUT2D eigenvalue weighted by atomic mass is 9.99. The maximum absolute atomic E-state index is 12.1. The molecule has 0 aromatic carbocycles. The van der Waals surface area contributed by atoms with E-state index < -0.39 is 5.54 Å². The summed E-state index contributed by atoms with van der Waals surface area (Å²) in [6, 6.07) is 0. The average Bonchev–Trinajstić information content (AvgIpc) is 2.58. The molecule has 5 heteroatoms. The van der Waals surface area contributed by atoms with Crippen LogP contribution in [0.4, 0.5) is 0 Å². The van der Waals surface area contributed by atoms with E-state index in [4.69, 9.17) is 5.11 Å². The molecule has 0 spiro atoms. The quantitative estimate of drug-likeness (QED) is 0.749. The molecule has 2 N–H and O–H groups in total. The first-order valence-electron chi connectivity index (χ1n) is 6.96. The molecule has 1 saturated heterocycles. The Morgan fingerprint density at radius 3 is 2.68 bits per heavy atom. The SMILES string of the molecule is CC(C)CN1CC(C(=O)NC(C)(C)CCO)CC1=O. The molecule has 1 heterocycles. The van der Waals surface area contributed by atoms with Gasteiger partial charge in [0.05, 0.1) is 5.92 Å². The predicted octanol–water partition coefficient (Wildman–Crippen LogP) is 0.768. The second-order valence-electron chi connectivity index (χ2n) is 6.44. The van der Waals surface area contributed by atoms with Crippen LogP contribution in [-0.4, -0.2) is 47.1 Å². The van der Waals surface area contributed by atoms with Crippen LogP contribution in [0.15, 0.2) is 0 Å². The third-order valence-corrected chi connectivity index (χ3v) is 3.37. The summed E-state index contributed by atoms with van der Waals surface area (Å²) in [6.45, 7) is 9.14. The van der Waals surface area contributed by atoms with E-state index in [1.165, 1.54) is 0 Å². The highest BCUT2D eigenvalue weighted by Gasteiger charge is 2.36. The van der Waals surface area contributed by atoms with Gasteiger partial charge < -0.3 is 15.3 Å². The lowest BCUT2D eigenvalue weighted by Crippen LogP contribution is -2.47. The predicted molar refractivity (Wildman–Crippen MR) is 73.4 cm³/mol. The maximum atomic E-state index is 12.1. The molecule has 0 aromatic rings. The first-order chi connectivity index (χ1) is 8.75. The Balaban J connectivity index is 2.54. The van der Waals surface area contributed by atoms with Crippen LogP contribution in [0.1, 0.15) is 40.5 Å². The lowest BCUT2D eigenvalue weighted by molar-refractivity contribution is -0.129. The van der Waals surface area contributed by atoms with Crippen molar-refractivity contribution in [3.8, 4) is 0 Å². The number of rotatable bonds is 6. The van der Waals surface area contributed by atoms with Gasteiger partial charge in [0.25, 0.3) is 0 Å². The lowest BCUT2D eigenvalue weighted by Gasteiger charge is -2.27. The summed E-state index contributed by atoms with van der Waals surface area (Å²) < 4.78 is 0. The molecule has 1 atom stereocenters. The summed E-state index contributed by atoms with van der Waals surface area (Å²) in [5.41, 5.74) is -0.430. The standard InChI is InChI=1S/C14H26N2O3/c1-10(2)8-16-9-11(7-12(16)18)13(19)15-14(3,4)5-6-17/h10-11,17H,5-9H2,1-4H3,(H,15,19). The smallest absolute Gasteiger partial charge is 0.225 e. The Labute approximate surface area is 115 Å². The largest absolute Gasteiger partial charge is 0.396 e. The highest BCUT2D eigenvalue weighted by Crippen LogP contribution is 2.20. The number of hydrogen-bond acceptors (Lipinski definition) is 3. The molecule has 110 valence electrons. The van der Waals surface area contributed by atoms with Crippen molar-refractivity contribution in [3.05, 3.63) is 0 Å². The van der Waals surface area contributed by atoms with Crippen LogP contribution in [0.3, 0.4) is 0 Å². The van der Waals surface area contributed by atoms with Crippen LogP contribution in [0.25, 0.3) is 0 Å². The summed E-state index contributed by atoms with van der Waals surface area (Å²) in [5, 5.41) is 11.9. The Morgan fingerprint density at radius 1 is 1.53 bits per heavy atom. The topological polar surface area (TPSA) is 69.6 Å². The van der Waals surface area contributed by atoms with Gasteiger partial charge in [-0.15, -0.1) is 0 Å². The highest BCUT2D eigenvalue weighted by molar-refractivity contribution is 5.89. The first-order valence-corrected chi connectivity index (χ1v) is 6.96. The summed E-state index contributed by atoms with van der Waals surface area (Å²) in [6.07, 6.45) is 0.808. The molecule has 0 saturated carbocycles. The number of aliphatic hydroxyl groups excluding tert-OH is 1. The van der Waals surface area contributed by atoms with Crippen molar-refractivity contribution in [2.45, 2.75) is 46.1 Å². The van der Waals surface area contributed by atoms with E-state index in [-0.39, 0.29) is 24.3 Å². The van der Waals surface area contributed by atoms with Gasteiger partial charge in [-0.1, -0.05) is 13.8 Å². The number of carbonyl (C=O) groups is 2. The van der Waals surface area contributed by atoms with Crippen LogP contribution in [-0.2, 0) is 9.59 Å². The Morgan fingerprint density at radius 2 is 2.16 bits per heavy atom. The number of carbonyl (C=O) groups excluding carboxylic acids is 2. The molecule has 0 aromatic heterocycles. The van der Waals surface area contributed by atoms with Crippen LogP contribution in [0.5, 0.6) is 0 Å². The zero-order valence-corrected chi connectivity index (χ0v) is 12.4. The third-order valence-electron chi connectivity index (χ3n) is 3.37. The van der Waals surface area contributed by atoms with Crippen LogP contribution in [0, 0.1) is 11.8 Å². The van der Waals surface area contributed by atoms with Crippen molar-refractivity contribution < 1.29 is 14.7 Å². The molecule has 1 unspecified atom stereocenters. The summed E-state index contributed by atoms with van der Waals surface area (Å²) in [5.74, 6) is 0.132. The van der Waals surface area contributed by atoms with Crippen molar-refractivity contribution in [2.24, 2.45) is 11.8 Å². The van der Waals surface area contributed by atoms with Gasteiger partial charge >= 0.3 is 0 Å². The molecule has 1 aliphatic rings. The molecule has 1 fully saturated rings. The van der Waals surface area contributed by atoms with E-state index in [9.17, 15) is 9.59 Å². The fraction of sp³-hybridized carbons (Fsp3) is 0.857. The molecule has 0 bridgehead atoms. The van der Waals surface area contributed by atoms with E-state index >= 15 is 0 Å². The molecule has 2 amide bonds. The van der Waals surface area contributed by atoms with Gasteiger partial charge in [0, 0.05) is 31.7 Å². The van der Waals surface area contributed by atoms with Crippen molar-refractivity contribution >= 4 is 11.8 Å². The van der Waals surface area contributed by atoms with Crippen molar-refractivity contribution in [3.63, 3.8) is 0 Å². The molecule has 19 heavy (non-hydrogen) atoms. The summed E-state index contributed by atoms with van der Waals surface area (Å²) in [4.78, 5) is 25.7. The van der Waals surface area contributed by atoms with Crippen molar-refractivity contribution in [1.82, 2.24) is 10.2 Å². The minimum Gasteiger partial charge on any atom is -0.396 e. The Hall–Kier alpha value is -1.10. The van der Waals surface area contributed by atoms with E-state index in [1.807, 2.05) is 13.8 Å². The number of likely N-dealkylation sites (tertiary alicyclic amines) is 1. The highest BCUT2D eigenvalue weighted by atomic mass is 16.3. The van der Waals surface area contributed by atoms with Gasteiger partial charge in [0.2, 0.25) is 11.8 Å². The molecular weight excluding hydrogens is 244 g/mol. The number of nitrogens with zero attached hydrogens (tertiary/aromatic N) is 1. The van der Waals surface area contributed by atoms with Gasteiger partial charge in [-0.2, -0.15) is 0 Å². The molecular formula is C14H26N2O3. The van der Waals surface area contributed by atoms with Gasteiger partial charge in [-0.05, 0) is 26.2 Å². The van der Waals surface area contributed by atoms with E-state index in [1.54, 1.807) is 4.90 Å². The summed E-state index contributed by atoms with van der Waals surface area (Å²) >= 11 is 0. The van der Waals surface area contributed by atoms with E-state index in [0.29, 0.717) is 31.8 Å². The number of aliphatic hydroxyl groups is 1. The molecule has 1 aliphatic heterocycles. The number of amides is 2. The second-order valence-corrected chi connectivity index (χ2v) is 6.44. The molecule has 0 aliphatic carbocycles. The molecule has 1 rings (SSSR count). The van der Waals surface area contributed by atoms with Crippen LogP contribution >= 0.6 is 0 Å². The van der Waals surface area contributed by atoms with Crippen molar-refractivity contribution in [2.75, 3.05) is 19.7 Å². The third kappa shape index (κ3) is 4.82. The van der Waals surface area contributed by atoms with Gasteiger partial charge in [-0.3, -0.25) is 9.59 Å². The van der Waals surface area contributed by atoms with E-state index in [0.717, 1.165) is 0 Å². The maximum Gasteiger partial charge on any atom is 0.225 e. The van der Waals surface area contributed by atoms with Gasteiger partial charge in [0.15, 0.2) is 0 Å². The normalized spacial score (nSPS) is 20.2.